The van der Waals surface area contributed by atoms with E-state index in [4.69, 9.17) is 5.11 Å². The first-order chi connectivity index (χ1) is 8.58. The lowest BCUT2D eigenvalue weighted by molar-refractivity contribution is 0.0693. The number of pyridine rings is 1. The van der Waals surface area contributed by atoms with E-state index in [1.165, 1.54) is 12.1 Å². The summed E-state index contributed by atoms with van der Waals surface area (Å²) in [6, 6.07) is 2.75. The highest BCUT2D eigenvalue weighted by Gasteiger charge is 2.22. The van der Waals surface area contributed by atoms with Gasteiger partial charge in [-0.1, -0.05) is 0 Å². The molecular weight excluding hydrogens is 256 g/mol. The molecule has 2 rings (SSSR count). The minimum atomic E-state index is -1.07. The van der Waals surface area contributed by atoms with Gasteiger partial charge in [-0.15, -0.1) is 0 Å². The third-order valence-electron chi connectivity index (χ3n) is 2.69. The van der Waals surface area contributed by atoms with Crippen molar-refractivity contribution in [3.63, 3.8) is 0 Å². The van der Waals surface area contributed by atoms with Crippen molar-refractivity contribution in [3.05, 3.63) is 29.6 Å². The van der Waals surface area contributed by atoms with Crippen molar-refractivity contribution in [2.75, 3.05) is 24.6 Å². The Hall–Kier alpha value is -1.76. The van der Waals surface area contributed by atoms with Gasteiger partial charge in [0, 0.05) is 41.6 Å². The minimum Gasteiger partial charge on any atom is -0.478 e. The molecule has 1 aromatic heterocycles. The van der Waals surface area contributed by atoms with E-state index in [0.717, 1.165) is 6.20 Å². The highest BCUT2D eigenvalue weighted by Crippen LogP contribution is 2.07. The number of rotatable bonds is 2. The topological polar surface area (TPSA) is 87.6 Å². The maximum atomic E-state index is 12.0. The van der Waals surface area contributed by atoms with Gasteiger partial charge >= 0.3 is 5.97 Å². The van der Waals surface area contributed by atoms with E-state index < -0.39 is 16.8 Å². The number of carbonyl (C=O) groups is 2. The summed E-state index contributed by atoms with van der Waals surface area (Å²) in [7, 11) is -0.836. The number of amides is 1. The second kappa shape index (κ2) is 5.26. The van der Waals surface area contributed by atoms with Crippen LogP contribution in [-0.4, -0.2) is 55.7 Å². The normalized spacial score (nSPS) is 16.6. The first kappa shape index (κ1) is 12.7. The molecule has 0 aliphatic carbocycles. The van der Waals surface area contributed by atoms with Crippen LogP contribution in [0, 0.1) is 0 Å². The molecule has 0 atom stereocenters. The first-order valence-electron chi connectivity index (χ1n) is 5.41. The highest BCUT2D eigenvalue weighted by atomic mass is 32.2. The van der Waals surface area contributed by atoms with Crippen LogP contribution in [-0.2, 0) is 10.8 Å². The van der Waals surface area contributed by atoms with E-state index in [9.17, 15) is 13.8 Å². The maximum absolute atomic E-state index is 12.0. The van der Waals surface area contributed by atoms with Crippen LogP contribution in [0.5, 0.6) is 0 Å². The molecule has 0 spiro atoms. The van der Waals surface area contributed by atoms with E-state index in [0.29, 0.717) is 24.6 Å². The van der Waals surface area contributed by atoms with E-state index in [2.05, 4.69) is 4.98 Å². The van der Waals surface area contributed by atoms with Crippen molar-refractivity contribution in [2.24, 2.45) is 0 Å². The molecule has 6 nitrogen and oxygen atoms in total. The Bertz CT molecular complexity index is 490. The average Bonchev–Trinajstić information content (AvgIpc) is 2.39. The van der Waals surface area contributed by atoms with Gasteiger partial charge in [-0.2, -0.15) is 0 Å². The minimum absolute atomic E-state index is 0.0475. The monoisotopic (exact) mass is 268 g/mol. The standard InChI is InChI=1S/C11H12N2O4S/c14-10(13-3-5-18(17)6-4-13)9-2-1-8(7-12-9)11(15)16/h1-2,7H,3-6H2,(H,15,16). The van der Waals surface area contributed by atoms with Gasteiger partial charge in [0.25, 0.3) is 5.91 Å². The van der Waals surface area contributed by atoms with E-state index in [1.54, 1.807) is 4.90 Å². The summed E-state index contributed by atoms with van der Waals surface area (Å²) in [5.41, 5.74) is 0.263. The van der Waals surface area contributed by atoms with Crippen LogP contribution in [0.3, 0.4) is 0 Å². The smallest absolute Gasteiger partial charge is 0.337 e. The van der Waals surface area contributed by atoms with Gasteiger partial charge in [-0.25, -0.2) is 4.79 Å². The zero-order chi connectivity index (χ0) is 13.1. The Morgan fingerprint density at radius 2 is 1.94 bits per heavy atom. The first-order valence-corrected chi connectivity index (χ1v) is 6.90. The molecule has 0 bridgehead atoms. The number of carboxylic acids is 1. The number of hydrogen-bond acceptors (Lipinski definition) is 4. The van der Waals surface area contributed by atoms with Gasteiger partial charge in [0.15, 0.2) is 0 Å². The molecule has 1 saturated heterocycles. The largest absolute Gasteiger partial charge is 0.478 e. The fourth-order valence-corrected chi connectivity index (χ4v) is 2.70. The zero-order valence-corrected chi connectivity index (χ0v) is 10.4. The van der Waals surface area contributed by atoms with E-state index in [-0.39, 0.29) is 17.2 Å². The quantitative estimate of drug-likeness (QED) is 0.814. The molecule has 0 saturated carbocycles. The fraction of sp³-hybridized carbons (Fsp3) is 0.364. The number of aromatic carboxylic acids is 1. The zero-order valence-electron chi connectivity index (χ0n) is 9.54. The van der Waals surface area contributed by atoms with Crippen LogP contribution in [0.4, 0.5) is 0 Å². The molecule has 0 radical (unpaired) electrons. The van der Waals surface area contributed by atoms with Crippen LogP contribution in [0.25, 0.3) is 0 Å². The average molecular weight is 268 g/mol. The Kier molecular flexibility index (Phi) is 3.71. The lowest BCUT2D eigenvalue weighted by atomic mass is 10.2. The molecule has 1 aliphatic rings. The van der Waals surface area contributed by atoms with Gasteiger partial charge < -0.3 is 10.0 Å². The van der Waals surface area contributed by atoms with Crippen molar-refractivity contribution in [3.8, 4) is 0 Å². The Balaban J connectivity index is 2.09. The number of carboxylic acid groups (broad SMARTS) is 1. The molecule has 96 valence electrons. The highest BCUT2D eigenvalue weighted by molar-refractivity contribution is 7.85. The summed E-state index contributed by atoms with van der Waals surface area (Å²) in [4.78, 5) is 28.1. The predicted octanol–water partition coefficient (Wildman–Crippen LogP) is -0.0157. The Labute approximate surface area is 106 Å². The maximum Gasteiger partial charge on any atom is 0.337 e. The lowest BCUT2D eigenvalue weighted by Crippen LogP contribution is -2.42. The SMILES string of the molecule is O=C(O)c1ccc(C(=O)N2CCS(=O)CC2)nc1. The van der Waals surface area contributed by atoms with Crippen LogP contribution >= 0.6 is 0 Å². The molecular formula is C11H12N2O4S. The number of nitrogens with zero attached hydrogens (tertiary/aromatic N) is 2. The van der Waals surface area contributed by atoms with Crippen molar-refractivity contribution in [1.82, 2.24) is 9.88 Å². The number of aromatic nitrogens is 1. The summed E-state index contributed by atoms with van der Waals surface area (Å²) in [5.74, 6) is -0.351. The summed E-state index contributed by atoms with van der Waals surface area (Å²) in [5, 5.41) is 8.72. The molecule has 1 aliphatic heterocycles. The van der Waals surface area contributed by atoms with E-state index in [1.807, 2.05) is 0 Å². The molecule has 1 aromatic rings. The third kappa shape index (κ3) is 2.73. The third-order valence-corrected chi connectivity index (χ3v) is 3.97. The molecule has 0 aromatic carbocycles. The molecule has 0 unspecified atom stereocenters. The van der Waals surface area contributed by atoms with Crippen molar-refractivity contribution < 1.29 is 18.9 Å². The van der Waals surface area contributed by atoms with Crippen LogP contribution < -0.4 is 0 Å². The van der Waals surface area contributed by atoms with Gasteiger partial charge in [0.05, 0.1) is 5.56 Å². The summed E-state index contributed by atoms with van der Waals surface area (Å²) < 4.78 is 11.2. The molecule has 1 amide bonds. The number of hydrogen-bond donors (Lipinski definition) is 1. The fourth-order valence-electron chi connectivity index (χ4n) is 1.65. The van der Waals surface area contributed by atoms with Gasteiger partial charge in [-0.3, -0.25) is 14.0 Å². The van der Waals surface area contributed by atoms with Gasteiger partial charge in [-0.05, 0) is 12.1 Å². The molecule has 7 heteroatoms. The number of carbonyl (C=O) groups excluding carboxylic acids is 1. The Morgan fingerprint density at radius 1 is 1.28 bits per heavy atom. The van der Waals surface area contributed by atoms with Crippen molar-refractivity contribution >= 4 is 22.7 Å². The van der Waals surface area contributed by atoms with Gasteiger partial charge in [0.2, 0.25) is 0 Å². The predicted molar refractivity (Wildman–Crippen MR) is 65.0 cm³/mol. The molecule has 1 fully saturated rings. The van der Waals surface area contributed by atoms with Crippen LogP contribution in [0.2, 0.25) is 0 Å². The second-order valence-electron chi connectivity index (χ2n) is 3.88. The summed E-state index contributed by atoms with van der Waals surface area (Å²) in [6.45, 7) is 0.904. The van der Waals surface area contributed by atoms with Gasteiger partial charge in [0.1, 0.15) is 5.69 Å². The Morgan fingerprint density at radius 3 is 2.44 bits per heavy atom. The molecule has 1 N–H and O–H groups in total. The lowest BCUT2D eigenvalue weighted by Gasteiger charge is -2.25. The van der Waals surface area contributed by atoms with Crippen molar-refractivity contribution in [1.29, 1.82) is 0 Å². The van der Waals surface area contributed by atoms with Crippen LogP contribution in [0.1, 0.15) is 20.8 Å². The molecule has 2 heterocycles. The van der Waals surface area contributed by atoms with E-state index >= 15 is 0 Å². The summed E-state index contributed by atoms with van der Waals surface area (Å²) in [6.07, 6.45) is 1.16. The second-order valence-corrected chi connectivity index (χ2v) is 5.57. The van der Waals surface area contributed by atoms with Crippen molar-refractivity contribution in [2.45, 2.75) is 0 Å². The van der Waals surface area contributed by atoms with Crippen LogP contribution in [0.15, 0.2) is 18.3 Å². The summed E-state index contributed by atoms with van der Waals surface area (Å²) >= 11 is 0. The molecule has 18 heavy (non-hydrogen) atoms.